The molecule has 1 atom stereocenters. The minimum absolute atomic E-state index is 0.0663. The molecular weight excluding hydrogens is 360 g/mol. The van der Waals surface area contributed by atoms with Crippen molar-refractivity contribution in [2.24, 2.45) is 5.41 Å². The van der Waals surface area contributed by atoms with Crippen LogP contribution in [0.15, 0.2) is 45.7 Å². The van der Waals surface area contributed by atoms with Crippen LogP contribution in [0.3, 0.4) is 0 Å². The van der Waals surface area contributed by atoms with Crippen molar-refractivity contribution in [2.45, 2.75) is 44.6 Å². The Morgan fingerprint density at radius 3 is 2.67 bits per heavy atom. The summed E-state index contributed by atoms with van der Waals surface area (Å²) in [5.41, 5.74) is 1.04. The minimum Gasteiger partial charge on any atom is -0.465 e. The van der Waals surface area contributed by atoms with E-state index in [1.165, 1.54) is 0 Å². The Balaban J connectivity index is 1.47. The Bertz CT molecular complexity index is 921. The Kier molecular flexibility index (Phi) is 4.91. The van der Waals surface area contributed by atoms with Gasteiger partial charge in [-0.1, -0.05) is 12.1 Å². The van der Waals surface area contributed by atoms with Crippen LogP contribution in [-0.4, -0.2) is 43.8 Å². The van der Waals surface area contributed by atoms with E-state index in [9.17, 15) is 8.42 Å². The van der Waals surface area contributed by atoms with Gasteiger partial charge >= 0.3 is 0 Å². The molecule has 27 heavy (non-hydrogen) atoms. The third kappa shape index (κ3) is 3.84. The molecule has 2 aromatic rings. The molecule has 3 heterocycles. The molecule has 0 saturated carbocycles. The smallest absolute Gasteiger partial charge is 0.243 e. The van der Waals surface area contributed by atoms with Crippen molar-refractivity contribution < 1.29 is 12.8 Å². The molecule has 146 valence electrons. The lowest BCUT2D eigenvalue weighted by Gasteiger charge is -2.40. The lowest BCUT2D eigenvalue weighted by molar-refractivity contribution is 0.0877. The topological polar surface area (TPSA) is 53.8 Å². The molecule has 5 nitrogen and oxygen atoms in total. The normalized spacial score (nSPS) is 24.7. The van der Waals surface area contributed by atoms with Gasteiger partial charge in [0.05, 0.1) is 11.4 Å². The van der Waals surface area contributed by atoms with Crippen LogP contribution in [0.25, 0.3) is 0 Å². The maximum absolute atomic E-state index is 13.1. The largest absolute Gasteiger partial charge is 0.465 e. The van der Waals surface area contributed by atoms with Gasteiger partial charge in [0, 0.05) is 19.6 Å². The number of aryl methyl sites for hydroxylation is 2. The number of likely N-dealkylation sites (tertiary alicyclic amines) is 1. The molecule has 0 radical (unpaired) electrons. The highest BCUT2D eigenvalue weighted by molar-refractivity contribution is 7.89. The van der Waals surface area contributed by atoms with Gasteiger partial charge < -0.3 is 4.42 Å². The van der Waals surface area contributed by atoms with Gasteiger partial charge in [-0.15, -0.1) is 0 Å². The zero-order valence-electron chi connectivity index (χ0n) is 16.1. The maximum Gasteiger partial charge on any atom is 0.243 e. The second-order valence-corrected chi connectivity index (χ2v) is 10.2. The highest BCUT2D eigenvalue weighted by atomic mass is 32.2. The Labute approximate surface area is 162 Å². The summed E-state index contributed by atoms with van der Waals surface area (Å²) >= 11 is 0. The third-order valence-electron chi connectivity index (χ3n) is 5.95. The number of benzene rings is 1. The van der Waals surface area contributed by atoms with Gasteiger partial charge in [-0.05, 0) is 74.9 Å². The fourth-order valence-corrected chi connectivity index (χ4v) is 6.25. The molecule has 2 fully saturated rings. The third-order valence-corrected chi connectivity index (χ3v) is 7.79. The zero-order valence-corrected chi connectivity index (χ0v) is 17.0. The molecule has 0 N–H and O–H groups in total. The van der Waals surface area contributed by atoms with Crippen molar-refractivity contribution in [3.63, 3.8) is 0 Å². The molecule has 2 saturated heterocycles. The first kappa shape index (κ1) is 18.7. The van der Waals surface area contributed by atoms with Crippen LogP contribution in [-0.2, 0) is 16.6 Å². The Morgan fingerprint density at radius 2 is 1.93 bits per heavy atom. The predicted molar refractivity (Wildman–Crippen MR) is 105 cm³/mol. The summed E-state index contributed by atoms with van der Waals surface area (Å²) in [5.74, 6) is 1.93. The second-order valence-electron chi connectivity index (χ2n) is 8.23. The molecule has 1 aromatic carbocycles. The molecule has 1 aromatic heterocycles. The molecule has 6 heteroatoms. The molecule has 0 unspecified atom stereocenters. The van der Waals surface area contributed by atoms with Gasteiger partial charge in [-0.2, -0.15) is 4.31 Å². The average Bonchev–Trinajstić information content (AvgIpc) is 3.22. The average molecular weight is 389 g/mol. The number of nitrogens with zero attached hydrogens (tertiary/aromatic N) is 2. The molecule has 0 aliphatic carbocycles. The molecule has 2 aliphatic heterocycles. The molecule has 0 amide bonds. The van der Waals surface area contributed by atoms with Crippen molar-refractivity contribution in [3.05, 3.63) is 53.5 Å². The summed E-state index contributed by atoms with van der Waals surface area (Å²) in [5, 5.41) is 0. The lowest BCUT2D eigenvalue weighted by Crippen LogP contribution is -2.44. The SMILES string of the molecule is Cc1cccc(S(=O)(=O)N2CC[C@]3(CCCN(Cc4ccc(C)o4)C3)C2)c1. The Hall–Kier alpha value is -1.63. The fourth-order valence-electron chi connectivity index (χ4n) is 4.59. The van der Waals surface area contributed by atoms with Crippen LogP contribution < -0.4 is 0 Å². The number of sulfonamides is 1. The summed E-state index contributed by atoms with van der Waals surface area (Å²) in [6.07, 6.45) is 3.14. The minimum atomic E-state index is -3.41. The molecule has 1 spiro atoms. The number of rotatable bonds is 4. The molecule has 4 rings (SSSR count). The first-order valence-corrected chi connectivity index (χ1v) is 11.1. The zero-order chi connectivity index (χ0) is 19.1. The van der Waals surface area contributed by atoms with Crippen molar-refractivity contribution in [1.29, 1.82) is 0 Å². The predicted octanol–water partition coefficient (Wildman–Crippen LogP) is 3.57. The van der Waals surface area contributed by atoms with Gasteiger partial charge in [-0.25, -0.2) is 8.42 Å². The molecule has 2 aliphatic rings. The monoisotopic (exact) mass is 388 g/mol. The van der Waals surface area contributed by atoms with Gasteiger partial charge in [0.15, 0.2) is 0 Å². The van der Waals surface area contributed by atoms with Crippen LogP contribution in [0.4, 0.5) is 0 Å². The van der Waals surface area contributed by atoms with Gasteiger partial charge in [0.2, 0.25) is 10.0 Å². The summed E-state index contributed by atoms with van der Waals surface area (Å²) in [4.78, 5) is 2.84. The summed E-state index contributed by atoms with van der Waals surface area (Å²) in [7, 11) is -3.41. The van der Waals surface area contributed by atoms with Crippen molar-refractivity contribution >= 4 is 10.0 Å². The van der Waals surface area contributed by atoms with Crippen molar-refractivity contribution in [2.75, 3.05) is 26.2 Å². The van der Waals surface area contributed by atoms with Crippen molar-refractivity contribution in [3.8, 4) is 0 Å². The molecule has 0 bridgehead atoms. The van der Waals surface area contributed by atoms with Crippen LogP contribution in [0, 0.1) is 19.3 Å². The maximum atomic E-state index is 13.1. The van der Waals surface area contributed by atoms with Crippen LogP contribution in [0.1, 0.15) is 36.3 Å². The standard InChI is InChI=1S/C21H28N2O3S/c1-17-5-3-6-20(13-17)27(24,25)23-12-10-21(16-23)9-4-11-22(15-21)14-19-8-7-18(2)26-19/h3,5-8,13H,4,9-12,14-16H2,1-2H3/t21-/m0/s1. The van der Waals surface area contributed by atoms with E-state index in [4.69, 9.17) is 4.42 Å². The van der Waals surface area contributed by atoms with Crippen LogP contribution in [0.5, 0.6) is 0 Å². The summed E-state index contributed by atoms with van der Waals surface area (Å²) in [6, 6.07) is 11.3. The van der Waals surface area contributed by atoms with Gasteiger partial charge in [-0.3, -0.25) is 4.90 Å². The number of furan rings is 1. The van der Waals surface area contributed by atoms with Crippen molar-refractivity contribution in [1.82, 2.24) is 9.21 Å². The van der Waals surface area contributed by atoms with E-state index in [0.29, 0.717) is 18.0 Å². The van der Waals surface area contributed by atoms with E-state index < -0.39 is 10.0 Å². The van der Waals surface area contributed by atoms with Crippen LogP contribution in [0.2, 0.25) is 0 Å². The highest BCUT2D eigenvalue weighted by Gasteiger charge is 2.45. The highest BCUT2D eigenvalue weighted by Crippen LogP contribution is 2.41. The second kappa shape index (κ2) is 7.08. The van der Waals surface area contributed by atoms with E-state index in [1.54, 1.807) is 16.4 Å². The Morgan fingerprint density at radius 1 is 1.07 bits per heavy atom. The van der Waals surface area contributed by atoms with Crippen LogP contribution >= 0.6 is 0 Å². The first-order valence-electron chi connectivity index (χ1n) is 9.71. The fraction of sp³-hybridized carbons (Fsp3) is 0.524. The number of hydrogen-bond donors (Lipinski definition) is 0. The number of piperidine rings is 1. The van der Waals surface area contributed by atoms with E-state index in [2.05, 4.69) is 4.90 Å². The van der Waals surface area contributed by atoms with E-state index in [0.717, 1.165) is 56.0 Å². The summed E-state index contributed by atoms with van der Waals surface area (Å²) in [6.45, 7) is 7.92. The first-order chi connectivity index (χ1) is 12.9. The lowest BCUT2D eigenvalue weighted by atomic mass is 9.79. The quantitative estimate of drug-likeness (QED) is 0.803. The summed E-state index contributed by atoms with van der Waals surface area (Å²) < 4.78 is 33.6. The van der Waals surface area contributed by atoms with E-state index >= 15 is 0 Å². The van der Waals surface area contributed by atoms with Gasteiger partial charge in [0.25, 0.3) is 0 Å². The number of hydrogen-bond acceptors (Lipinski definition) is 4. The van der Waals surface area contributed by atoms with Gasteiger partial charge in [0.1, 0.15) is 11.5 Å². The van der Waals surface area contributed by atoms with E-state index in [-0.39, 0.29) is 5.41 Å². The molecular formula is C21H28N2O3S. The van der Waals surface area contributed by atoms with E-state index in [1.807, 2.05) is 38.1 Å².